The highest BCUT2D eigenvalue weighted by atomic mass is 16.5. The lowest BCUT2D eigenvalue weighted by molar-refractivity contribution is 0.339. The van der Waals surface area contributed by atoms with Crippen LogP contribution in [0.1, 0.15) is 24.6 Å². The molecule has 0 spiro atoms. The fourth-order valence-corrected chi connectivity index (χ4v) is 2.84. The molecule has 0 atom stereocenters. The number of ether oxygens (including phenoxy) is 1. The molecule has 0 saturated heterocycles. The summed E-state index contributed by atoms with van der Waals surface area (Å²) in [4.78, 5) is 6.93. The Bertz CT molecular complexity index is 679. The molecular weight excluding hydrogens is 272 g/mol. The van der Waals surface area contributed by atoms with E-state index in [1.165, 1.54) is 11.1 Å². The molecule has 3 rings (SSSR count). The third-order valence-corrected chi connectivity index (χ3v) is 3.94. The highest BCUT2D eigenvalue weighted by Crippen LogP contribution is 2.31. The van der Waals surface area contributed by atoms with Gasteiger partial charge in [0.05, 0.1) is 6.61 Å². The molecule has 2 heterocycles. The number of benzene rings is 1. The van der Waals surface area contributed by atoms with Crippen molar-refractivity contribution >= 4 is 11.4 Å². The van der Waals surface area contributed by atoms with Gasteiger partial charge in [-0.3, -0.25) is 0 Å². The molecule has 22 heavy (non-hydrogen) atoms. The van der Waals surface area contributed by atoms with E-state index in [1.807, 2.05) is 32.0 Å². The summed E-state index contributed by atoms with van der Waals surface area (Å²) >= 11 is 0. The highest BCUT2D eigenvalue weighted by Gasteiger charge is 2.16. The van der Waals surface area contributed by atoms with E-state index in [2.05, 4.69) is 40.2 Å². The summed E-state index contributed by atoms with van der Waals surface area (Å²) in [5.41, 5.74) is 3.66. The fourth-order valence-electron chi connectivity index (χ4n) is 2.84. The number of nitrogens with zero attached hydrogens (tertiary/aromatic N) is 2. The number of aromatic nitrogens is 1. The van der Waals surface area contributed by atoms with Crippen LogP contribution in [0.3, 0.4) is 0 Å². The van der Waals surface area contributed by atoms with Crippen LogP contribution in [-0.2, 0) is 0 Å². The van der Waals surface area contributed by atoms with Gasteiger partial charge in [0, 0.05) is 24.3 Å². The molecule has 1 aromatic carbocycles. The molecule has 3 nitrogen and oxygen atoms in total. The number of aryl methyl sites for hydroxylation is 1. The third kappa shape index (κ3) is 3.14. The average molecular weight is 294 g/mol. The first-order valence-corrected chi connectivity index (χ1v) is 7.88. The first-order chi connectivity index (χ1) is 10.8. The van der Waals surface area contributed by atoms with Crippen LogP contribution in [0.25, 0.3) is 5.57 Å². The van der Waals surface area contributed by atoms with Gasteiger partial charge in [-0.05, 0) is 44.0 Å². The predicted octanol–water partition coefficient (Wildman–Crippen LogP) is 4.08. The zero-order chi connectivity index (χ0) is 15.4. The van der Waals surface area contributed by atoms with Crippen LogP contribution in [-0.4, -0.2) is 24.7 Å². The number of hydrogen-bond donors (Lipinski definition) is 0. The molecule has 1 aromatic heterocycles. The van der Waals surface area contributed by atoms with Gasteiger partial charge in [0.2, 0.25) is 0 Å². The van der Waals surface area contributed by atoms with Crippen LogP contribution in [0.5, 0.6) is 5.75 Å². The summed E-state index contributed by atoms with van der Waals surface area (Å²) in [5.74, 6) is 2.05. The molecule has 0 aliphatic carbocycles. The van der Waals surface area contributed by atoms with E-state index in [4.69, 9.17) is 4.74 Å². The van der Waals surface area contributed by atoms with Crippen molar-refractivity contribution in [1.29, 1.82) is 0 Å². The van der Waals surface area contributed by atoms with Gasteiger partial charge in [0.15, 0.2) is 0 Å². The van der Waals surface area contributed by atoms with E-state index in [9.17, 15) is 0 Å². The first-order valence-electron chi connectivity index (χ1n) is 7.88. The number of pyridine rings is 1. The van der Waals surface area contributed by atoms with E-state index in [0.29, 0.717) is 6.61 Å². The van der Waals surface area contributed by atoms with Gasteiger partial charge < -0.3 is 9.64 Å². The lowest BCUT2D eigenvalue weighted by atomic mass is 9.98. The van der Waals surface area contributed by atoms with Crippen molar-refractivity contribution in [3.05, 3.63) is 59.8 Å². The summed E-state index contributed by atoms with van der Waals surface area (Å²) in [7, 11) is 0. The summed E-state index contributed by atoms with van der Waals surface area (Å²) in [6.07, 6.45) is 3.31. The second kappa shape index (κ2) is 6.65. The average Bonchev–Trinajstić information content (AvgIpc) is 2.56. The molecule has 1 aliphatic rings. The molecule has 1 aliphatic heterocycles. The standard InChI is InChI=1S/C19H22N2O/c1-3-22-18-9-5-4-8-17(18)16-11-13-21(14-12-16)19-10-6-7-15(2)20-19/h4-11H,3,12-14H2,1-2H3. The quantitative estimate of drug-likeness (QED) is 0.849. The van der Waals surface area contributed by atoms with Gasteiger partial charge in [-0.15, -0.1) is 0 Å². The predicted molar refractivity (Wildman–Crippen MR) is 91.4 cm³/mol. The van der Waals surface area contributed by atoms with Crippen LogP contribution >= 0.6 is 0 Å². The molecule has 0 bridgehead atoms. The van der Waals surface area contributed by atoms with E-state index in [1.54, 1.807) is 0 Å². The summed E-state index contributed by atoms with van der Waals surface area (Å²) in [6, 6.07) is 14.5. The normalized spacial score (nSPS) is 14.6. The molecule has 0 saturated carbocycles. The van der Waals surface area contributed by atoms with E-state index in [-0.39, 0.29) is 0 Å². The SMILES string of the molecule is CCOc1ccccc1C1=CCN(c2cccc(C)n2)CC1. The van der Waals surface area contributed by atoms with Gasteiger partial charge in [0.1, 0.15) is 11.6 Å². The van der Waals surface area contributed by atoms with Crippen molar-refractivity contribution in [2.75, 3.05) is 24.6 Å². The maximum Gasteiger partial charge on any atom is 0.129 e. The number of para-hydroxylation sites is 1. The molecule has 3 heteroatoms. The molecule has 0 unspecified atom stereocenters. The Morgan fingerprint density at radius 2 is 2.00 bits per heavy atom. The van der Waals surface area contributed by atoms with Crippen LogP contribution in [0.2, 0.25) is 0 Å². The molecule has 0 N–H and O–H groups in total. The topological polar surface area (TPSA) is 25.4 Å². The van der Waals surface area contributed by atoms with E-state index >= 15 is 0 Å². The highest BCUT2D eigenvalue weighted by molar-refractivity contribution is 5.72. The van der Waals surface area contributed by atoms with Crippen LogP contribution < -0.4 is 9.64 Å². The Labute approximate surface area is 132 Å². The van der Waals surface area contributed by atoms with Crippen LogP contribution in [0.15, 0.2) is 48.5 Å². The van der Waals surface area contributed by atoms with Gasteiger partial charge in [-0.1, -0.05) is 30.3 Å². The van der Waals surface area contributed by atoms with Crippen molar-refractivity contribution < 1.29 is 4.74 Å². The van der Waals surface area contributed by atoms with Crippen LogP contribution in [0.4, 0.5) is 5.82 Å². The molecule has 0 amide bonds. The third-order valence-electron chi connectivity index (χ3n) is 3.94. The lowest BCUT2D eigenvalue weighted by Crippen LogP contribution is -2.29. The van der Waals surface area contributed by atoms with Crippen molar-refractivity contribution in [2.24, 2.45) is 0 Å². The minimum absolute atomic E-state index is 0.698. The Kier molecular flexibility index (Phi) is 4.42. The number of hydrogen-bond acceptors (Lipinski definition) is 3. The zero-order valence-electron chi connectivity index (χ0n) is 13.2. The second-order valence-electron chi connectivity index (χ2n) is 5.49. The van der Waals surface area contributed by atoms with Crippen LogP contribution in [0, 0.1) is 6.92 Å². The van der Waals surface area contributed by atoms with Gasteiger partial charge in [0.25, 0.3) is 0 Å². The first kappa shape index (κ1) is 14.6. The molecule has 2 aromatic rings. The maximum absolute atomic E-state index is 5.75. The Morgan fingerprint density at radius 3 is 2.73 bits per heavy atom. The zero-order valence-corrected chi connectivity index (χ0v) is 13.2. The molecule has 0 fully saturated rings. The molecule has 0 radical (unpaired) electrons. The van der Waals surface area contributed by atoms with E-state index in [0.717, 1.165) is 36.8 Å². The summed E-state index contributed by atoms with van der Waals surface area (Å²) < 4.78 is 5.75. The lowest BCUT2D eigenvalue weighted by Gasteiger charge is -2.28. The maximum atomic E-state index is 5.75. The smallest absolute Gasteiger partial charge is 0.129 e. The van der Waals surface area contributed by atoms with E-state index < -0.39 is 0 Å². The molecular formula is C19H22N2O. The minimum Gasteiger partial charge on any atom is -0.493 e. The number of rotatable bonds is 4. The van der Waals surface area contributed by atoms with Crippen molar-refractivity contribution in [3.63, 3.8) is 0 Å². The van der Waals surface area contributed by atoms with Gasteiger partial charge in [-0.25, -0.2) is 4.98 Å². The number of anilines is 1. The van der Waals surface area contributed by atoms with Gasteiger partial charge >= 0.3 is 0 Å². The second-order valence-corrected chi connectivity index (χ2v) is 5.49. The Hall–Kier alpha value is -2.29. The van der Waals surface area contributed by atoms with Crippen molar-refractivity contribution in [1.82, 2.24) is 4.98 Å². The monoisotopic (exact) mass is 294 g/mol. The molecule has 114 valence electrons. The summed E-state index contributed by atoms with van der Waals surface area (Å²) in [5, 5.41) is 0. The van der Waals surface area contributed by atoms with Gasteiger partial charge in [-0.2, -0.15) is 0 Å². The Morgan fingerprint density at radius 1 is 1.14 bits per heavy atom. The van der Waals surface area contributed by atoms with Crippen molar-refractivity contribution in [2.45, 2.75) is 20.3 Å². The largest absolute Gasteiger partial charge is 0.493 e. The Balaban J connectivity index is 1.79. The van der Waals surface area contributed by atoms with Crippen molar-refractivity contribution in [3.8, 4) is 5.75 Å². The fraction of sp³-hybridized carbons (Fsp3) is 0.316. The summed E-state index contributed by atoms with van der Waals surface area (Å²) in [6.45, 7) is 6.64. The minimum atomic E-state index is 0.698.